The van der Waals surface area contributed by atoms with Gasteiger partial charge in [-0.25, -0.2) is 0 Å². The molecule has 1 nitrogen and oxygen atoms in total. The lowest BCUT2D eigenvalue weighted by atomic mass is 10.3. The van der Waals surface area contributed by atoms with Crippen LogP contribution in [0.15, 0.2) is 84.9 Å². The standard InChI is InChI=1S/C21H21OP.BrH/c1-2-17-22-20-15-9-10-16-21(20)23(18-11-5-3-6-12-18)19-13-7-4-8-14-19;/h3-16H,2,17H2,1H3;1H. The van der Waals surface area contributed by atoms with Crippen molar-refractivity contribution >= 4 is 40.8 Å². The van der Waals surface area contributed by atoms with Crippen molar-refractivity contribution in [3.05, 3.63) is 84.9 Å². The topological polar surface area (TPSA) is 9.23 Å². The molecule has 0 atom stereocenters. The highest BCUT2D eigenvalue weighted by Crippen LogP contribution is 2.36. The lowest BCUT2D eigenvalue weighted by molar-refractivity contribution is 0.320. The molecule has 0 bridgehead atoms. The van der Waals surface area contributed by atoms with Gasteiger partial charge in [-0.15, -0.1) is 17.0 Å². The second-order valence-corrected chi connectivity index (χ2v) is 7.51. The third kappa shape index (κ3) is 4.47. The Morgan fingerprint density at radius 1 is 0.708 bits per heavy atom. The maximum absolute atomic E-state index is 6.03. The molecule has 0 heterocycles. The lowest BCUT2D eigenvalue weighted by Gasteiger charge is -2.22. The van der Waals surface area contributed by atoms with Gasteiger partial charge in [0.05, 0.1) is 6.61 Å². The molecule has 0 fully saturated rings. The second-order valence-electron chi connectivity index (χ2n) is 5.32. The van der Waals surface area contributed by atoms with Gasteiger partial charge < -0.3 is 4.74 Å². The Morgan fingerprint density at radius 3 is 1.75 bits per heavy atom. The largest absolute Gasteiger partial charge is 0.493 e. The molecule has 24 heavy (non-hydrogen) atoms. The van der Waals surface area contributed by atoms with Crippen LogP contribution in [0.25, 0.3) is 0 Å². The summed E-state index contributed by atoms with van der Waals surface area (Å²) >= 11 is 0. The fourth-order valence-electron chi connectivity index (χ4n) is 2.56. The van der Waals surface area contributed by atoms with E-state index < -0.39 is 7.92 Å². The van der Waals surface area contributed by atoms with Crippen molar-refractivity contribution in [3.63, 3.8) is 0 Å². The smallest absolute Gasteiger partial charge is 0.127 e. The number of hydrogen-bond acceptors (Lipinski definition) is 1. The van der Waals surface area contributed by atoms with Gasteiger partial charge in [0.2, 0.25) is 0 Å². The minimum Gasteiger partial charge on any atom is -0.493 e. The van der Waals surface area contributed by atoms with Crippen LogP contribution in [0.4, 0.5) is 0 Å². The normalized spacial score (nSPS) is 10.2. The van der Waals surface area contributed by atoms with Gasteiger partial charge >= 0.3 is 0 Å². The summed E-state index contributed by atoms with van der Waals surface area (Å²) in [6.45, 7) is 2.89. The average Bonchev–Trinajstić information content (AvgIpc) is 2.63. The zero-order valence-corrected chi connectivity index (χ0v) is 16.4. The third-order valence-corrected chi connectivity index (χ3v) is 6.08. The first-order valence-corrected chi connectivity index (χ1v) is 9.36. The van der Waals surface area contributed by atoms with Crippen LogP contribution in [0.2, 0.25) is 0 Å². The van der Waals surface area contributed by atoms with E-state index >= 15 is 0 Å². The molecule has 0 aliphatic carbocycles. The first-order chi connectivity index (χ1) is 11.4. The zero-order chi connectivity index (χ0) is 15.9. The van der Waals surface area contributed by atoms with E-state index in [9.17, 15) is 0 Å². The molecule has 0 unspecified atom stereocenters. The Labute approximate surface area is 156 Å². The molecule has 3 aromatic carbocycles. The molecule has 124 valence electrons. The Kier molecular flexibility index (Phi) is 7.49. The minimum absolute atomic E-state index is 0. The lowest BCUT2D eigenvalue weighted by Crippen LogP contribution is -2.22. The van der Waals surface area contributed by atoms with Crippen molar-refractivity contribution in [2.24, 2.45) is 0 Å². The summed E-state index contributed by atoms with van der Waals surface area (Å²) in [7, 11) is -0.608. The van der Waals surface area contributed by atoms with Crippen molar-refractivity contribution in [1.29, 1.82) is 0 Å². The maximum atomic E-state index is 6.03. The molecule has 0 aliphatic heterocycles. The van der Waals surface area contributed by atoms with Gasteiger partial charge in [-0.1, -0.05) is 85.8 Å². The Hall–Kier alpha value is -1.63. The Bertz CT molecular complexity index is 692. The molecule has 0 saturated carbocycles. The molecule has 0 N–H and O–H groups in total. The van der Waals surface area contributed by atoms with Crippen LogP contribution in [-0.2, 0) is 0 Å². The molecule has 0 aliphatic rings. The van der Waals surface area contributed by atoms with Gasteiger partial charge in [0.25, 0.3) is 0 Å². The molecular formula is C21H22BrOP. The van der Waals surface area contributed by atoms with Gasteiger partial charge in [0, 0.05) is 5.30 Å². The Morgan fingerprint density at radius 2 is 1.21 bits per heavy atom. The van der Waals surface area contributed by atoms with Crippen molar-refractivity contribution in [2.75, 3.05) is 6.61 Å². The highest BCUT2D eigenvalue weighted by Gasteiger charge is 2.19. The highest BCUT2D eigenvalue weighted by molar-refractivity contribution is 8.93. The van der Waals surface area contributed by atoms with Crippen molar-refractivity contribution in [2.45, 2.75) is 13.3 Å². The zero-order valence-electron chi connectivity index (χ0n) is 13.8. The molecule has 3 heteroatoms. The van der Waals surface area contributed by atoms with E-state index in [0.717, 1.165) is 18.8 Å². The Balaban J connectivity index is 0.00000208. The summed E-state index contributed by atoms with van der Waals surface area (Å²) in [6.07, 6.45) is 1.02. The summed E-state index contributed by atoms with van der Waals surface area (Å²) in [6, 6.07) is 29.9. The minimum atomic E-state index is -0.608. The average molecular weight is 401 g/mol. The summed E-state index contributed by atoms with van der Waals surface area (Å²) in [5, 5.41) is 3.98. The number of ether oxygens (including phenoxy) is 1. The van der Waals surface area contributed by atoms with Gasteiger partial charge in [-0.3, -0.25) is 0 Å². The SMILES string of the molecule is Br.CCCOc1ccccc1P(c1ccccc1)c1ccccc1. The van der Waals surface area contributed by atoms with Crippen molar-refractivity contribution in [1.82, 2.24) is 0 Å². The van der Waals surface area contributed by atoms with Crippen LogP contribution in [0.1, 0.15) is 13.3 Å². The van der Waals surface area contributed by atoms with E-state index in [1.165, 1.54) is 15.9 Å². The van der Waals surface area contributed by atoms with Crippen molar-refractivity contribution < 1.29 is 4.74 Å². The van der Waals surface area contributed by atoms with Crippen LogP contribution >= 0.6 is 24.9 Å². The second kappa shape index (κ2) is 9.61. The monoisotopic (exact) mass is 400 g/mol. The number of rotatable bonds is 6. The van der Waals surface area contributed by atoms with Gasteiger partial charge in [0.15, 0.2) is 0 Å². The number of benzene rings is 3. The predicted octanol–water partition coefficient (Wildman–Crippen LogP) is 4.81. The number of halogens is 1. The van der Waals surface area contributed by atoms with Crippen LogP contribution in [0, 0.1) is 0 Å². The van der Waals surface area contributed by atoms with E-state index in [-0.39, 0.29) is 17.0 Å². The molecule has 0 radical (unpaired) electrons. The summed E-state index contributed by atoms with van der Waals surface area (Å²) in [5.74, 6) is 1.01. The fourth-order valence-corrected chi connectivity index (χ4v) is 4.95. The summed E-state index contributed by atoms with van der Waals surface area (Å²) in [5.41, 5.74) is 0. The van der Waals surface area contributed by atoms with E-state index in [4.69, 9.17) is 4.74 Å². The van der Waals surface area contributed by atoms with Gasteiger partial charge in [-0.2, -0.15) is 0 Å². The summed E-state index contributed by atoms with van der Waals surface area (Å²) in [4.78, 5) is 0. The van der Waals surface area contributed by atoms with Crippen LogP contribution in [0.5, 0.6) is 5.75 Å². The van der Waals surface area contributed by atoms with E-state index in [2.05, 4.69) is 91.9 Å². The van der Waals surface area contributed by atoms with Crippen LogP contribution in [-0.4, -0.2) is 6.61 Å². The molecule has 0 amide bonds. The molecule has 0 aromatic heterocycles. The van der Waals surface area contributed by atoms with Gasteiger partial charge in [0.1, 0.15) is 5.75 Å². The molecule has 3 rings (SSSR count). The van der Waals surface area contributed by atoms with E-state index in [1.54, 1.807) is 0 Å². The number of para-hydroxylation sites is 1. The van der Waals surface area contributed by atoms with Crippen molar-refractivity contribution in [3.8, 4) is 5.75 Å². The fraction of sp³-hybridized carbons (Fsp3) is 0.143. The first kappa shape index (κ1) is 18.7. The van der Waals surface area contributed by atoms with Crippen LogP contribution in [0.3, 0.4) is 0 Å². The first-order valence-electron chi connectivity index (χ1n) is 8.02. The van der Waals surface area contributed by atoms with Gasteiger partial charge in [-0.05, 0) is 31.0 Å². The summed E-state index contributed by atoms with van der Waals surface area (Å²) < 4.78 is 6.03. The molecule has 3 aromatic rings. The predicted molar refractivity (Wildman–Crippen MR) is 111 cm³/mol. The van der Waals surface area contributed by atoms with E-state index in [1.807, 2.05) is 0 Å². The molecular weight excluding hydrogens is 379 g/mol. The third-order valence-electron chi connectivity index (χ3n) is 3.60. The maximum Gasteiger partial charge on any atom is 0.127 e. The quantitative estimate of drug-likeness (QED) is 0.539. The highest BCUT2D eigenvalue weighted by atomic mass is 79.9. The van der Waals surface area contributed by atoms with Crippen LogP contribution < -0.4 is 20.7 Å². The molecule has 0 spiro atoms. The van der Waals surface area contributed by atoms with E-state index in [0.29, 0.717) is 0 Å². The molecule has 0 saturated heterocycles. The number of hydrogen-bond donors (Lipinski definition) is 0.